The number of hydrogen-bond acceptors (Lipinski definition) is 1. The summed E-state index contributed by atoms with van der Waals surface area (Å²) in [5.74, 6) is 0.903. The van der Waals surface area contributed by atoms with Gasteiger partial charge in [-0.1, -0.05) is 24.8 Å². The number of benzene rings is 1. The monoisotopic (exact) mass is 161 g/mol. The summed E-state index contributed by atoms with van der Waals surface area (Å²) < 4.78 is 5.55. The van der Waals surface area contributed by atoms with Crippen LogP contribution in [0.5, 0.6) is 5.75 Å². The Morgan fingerprint density at radius 1 is 1.42 bits per heavy atom. The van der Waals surface area contributed by atoms with Crippen LogP contribution in [0.3, 0.4) is 0 Å². The molecule has 0 aliphatic carbocycles. The van der Waals surface area contributed by atoms with Crippen LogP contribution in [-0.4, -0.2) is 6.10 Å². The summed E-state index contributed by atoms with van der Waals surface area (Å²) >= 11 is 0. The van der Waals surface area contributed by atoms with Crippen molar-refractivity contribution in [1.29, 1.82) is 0 Å². The standard InChI is InChI=1S/C11H13O/c1-3-7-10(2)12-11-8-5-4-6-9-11/h4-6,8-10H,1,7H2,2H3. The van der Waals surface area contributed by atoms with Gasteiger partial charge in [0, 0.05) is 6.42 Å². The number of ether oxygens (including phenoxy) is 1. The Hall–Kier alpha value is -1.24. The van der Waals surface area contributed by atoms with Gasteiger partial charge in [0.25, 0.3) is 0 Å². The van der Waals surface area contributed by atoms with Gasteiger partial charge in [0.15, 0.2) is 0 Å². The third kappa shape index (κ3) is 2.79. The molecule has 12 heavy (non-hydrogen) atoms. The van der Waals surface area contributed by atoms with E-state index in [0.717, 1.165) is 12.2 Å². The van der Waals surface area contributed by atoms with Gasteiger partial charge in [-0.3, -0.25) is 0 Å². The fourth-order valence-electron chi connectivity index (χ4n) is 0.976. The molecule has 0 aliphatic heterocycles. The van der Waals surface area contributed by atoms with Gasteiger partial charge < -0.3 is 4.74 Å². The van der Waals surface area contributed by atoms with E-state index in [1.165, 1.54) is 0 Å². The molecule has 0 aliphatic rings. The summed E-state index contributed by atoms with van der Waals surface area (Å²) in [6.07, 6.45) is 3.73. The number of para-hydroxylation sites is 1. The molecule has 0 saturated heterocycles. The molecule has 0 bridgehead atoms. The van der Waals surface area contributed by atoms with Crippen molar-refractivity contribution in [2.24, 2.45) is 0 Å². The van der Waals surface area contributed by atoms with E-state index < -0.39 is 0 Å². The first-order valence-corrected chi connectivity index (χ1v) is 4.04. The van der Waals surface area contributed by atoms with Crippen LogP contribution >= 0.6 is 0 Å². The molecule has 0 saturated carbocycles. The van der Waals surface area contributed by atoms with Crippen molar-refractivity contribution in [2.45, 2.75) is 19.4 Å². The van der Waals surface area contributed by atoms with Gasteiger partial charge in [-0.2, -0.15) is 0 Å². The van der Waals surface area contributed by atoms with Gasteiger partial charge in [0.1, 0.15) is 5.75 Å². The van der Waals surface area contributed by atoms with Crippen LogP contribution in [0.15, 0.2) is 36.9 Å². The Labute approximate surface area is 73.7 Å². The molecular formula is C11H13O. The lowest BCUT2D eigenvalue weighted by atomic mass is 10.3. The molecule has 63 valence electrons. The molecule has 1 unspecified atom stereocenters. The molecule has 0 aromatic heterocycles. The topological polar surface area (TPSA) is 9.23 Å². The van der Waals surface area contributed by atoms with Crippen molar-refractivity contribution in [1.82, 2.24) is 0 Å². The maximum atomic E-state index is 5.55. The van der Waals surface area contributed by atoms with E-state index in [0.29, 0.717) is 0 Å². The van der Waals surface area contributed by atoms with E-state index >= 15 is 0 Å². The first kappa shape index (κ1) is 8.85. The molecule has 1 heteroatoms. The zero-order chi connectivity index (χ0) is 8.81. The van der Waals surface area contributed by atoms with Crippen LogP contribution in [0.1, 0.15) is 13.3 Å². The molecule has 0 amide bonds. The molecular weight excluding hydrogens is 148 g/mol. The average Bonchev–Trinajstić information content (AvgIpc) is 2.06. The van der Waals surface area contributed by atoms with Crippen LogP contribution in [-0.2, 0) is 0 Å². The van der Waals surface area contributed by atoms with E-state index in [2.05, 4.69) is 12.7 Å². The average molecular weight is 161 g/mol. The van der Waals surface area contributed by atoms with Crippen molar-refractivity contribution in [3.05, 3.63) is 43.0 Å². The quantitative estimate of drug-likeness (QED) is 0.659. The van der Waals surface area contributed by atoms with E-state index in [9.17, 15) is 0 Å². The predicted octanol–water partition coefficient (Wildman–Crippen LogP) is 2.83. The molecule has 1 aromatic rings. The Morgan fingerprint density at radius 3 is 2.67 bits per heavy atom. The largest absolute Gasteiger partial charge is 0.490 e. The van der Waals surface area contributed by atoms with E-state index in [-0.39, 0.29) is 6.10 Å². The summed E-state index contributed by atoms with van der Waals surface area (Å²) in [4.78, 5) is 0. The van der Waals surface area contributed by atoms with Gasteiger partial charge in [-0.05, 0) is 25.1 Å². The lowest BCUT2D eigenvalue weighted by Crippen LogP contribution is -2.09. The fourth-order valence-corrected chi connectivity index (χ4v) is 0.976. The van der Waals surface area contributed by atoms with Crippen molar-refractivity contribution in [3.63, 3.8) is 0 Å². The minimum atomic E-state index is 0.157. The van der Waals surface area contributed by atoms with Crippen molar-refractivity contribution < 1.29 is 4.74 Å². The summed E-state index contributed by atoms with van der Waals surface area (Å²) in [6.45, 7) is 5.54. The first-order chi connectivity index (χ1) is 5.83. The second-order valence-corrected chi connectivity index (χ2v) is 2.70. The zero-order valence-corrected chi connectivity index (χ0v) is 7.29. The van der Waals surface area contributed by atoms with E-state index in [4.69, 9.17) is 4.74 Å². The molecule has 0 spiro atoms. The van der Waals surface area contributed by atoms with Crippen molar-refractivity contribution >= 4 is 0 Å². The highest BCUT2D eigenvalue weighted by Gasteiger charge is 1.99. The molecule has 1 aromatic carbocycles. The Morgan fingerprint density at radius 2 is 2.08 bits per heavy atom. The normalized spacial score (nSPS) is 12.1. The second kappa shape index (κ2) is 4.60. The SMILES string of the molecule is C=[C]CC(C)Oc1ccccc1. The van der Waals surface area contributed by atoms with Gasteiger partial charge in [0.05, 0.1) is 6.10 Å². The lowest BCUT2D eigenvalue weighted by Gasteiger charge is -2.11. The van der Waals surface area contributed by atoms with E-state index in [1.807, 2.05) is 37.3 Å². The molecule has 0 N–H and O–H groups in total. The molecule has 0 heterocycles. The molecule has 1 atom stereocenters. The van der Waals surface area contributed by atoms with Crippen LogP contribution in [0.25, 0.3) is 0 Å². The Bertz CT molecular complexity index is 228. The van der Waals surface area contributed by atoms with Crippen LogP contribution in [0.2, 0.25) is 0 Å². The molecule has 1 rings (SSSR count). The highest BCUT2D eigenvalue weighted by Crippen LogP contribution is 2.11. The number of rotatable bonds is 4. The summed E-state index contributed by atoms with van der Waals surface area (Å²) in [5.41, 5.74) is 0. The van der Waals surface area contributed by atoms with Crippen molar-refractivity contribution in [3.8, 4) is 5.75 Å². The summed E-state index contributed by atoms with van der Waals surface area (Å²) in [6, 6.07) is 9.77. The highest BCUT2D eigenvalue weighted by atomic mass is 16.5. The summed E-state index contributed by atoms with van der Waals surface area (Å²) in [7, 11) is 0. The minimum Gasteiger partial charge on any atom is -0.490 e. The predicted molar refractivity (Wildman–Crippen MR) is 50.0 cm³/mol. The number of hydrogen-bond donors (Lipinski definition) is 0. The third-order valence-corrected chi connectivity index (χ3v) is 1.51. The molecule has 0 fully saturated rings. The molecule has 1 radical (unpaired) electrons. The van der Waals surface area contributed by atoms with Crippen molar-refractivity contribution in [2.75, 3.05) is 0 Å². The second-order valence-electron chi connectivity index (χ2n) is 2.70. The summed E-state index contributed by atoms with van der Waals surface area (Å²) in [5, 5.41) is 0. The Balaban J connectivity index is 2.46. The van der Waals surface area contributed by atoms with Crippen LogP contribution in [0, 0.1) is 6.08 Å². The first-order valence-electron chi connectivity index (χ1n) is 4.04. The van der Waals surface area contributed by atoms with Gasteiger partial charge in [-0.25, -0.2) is 0 Å². The third-order valence-electron chi connectivity index (χ3n) is 1.51. The van der Waals surface area contributed by atoms with Gasteiger partial charge >= 0.3 is 0 Å². The van der Waals surface area contributed by atoms with Gasteiger partial charge in [0.2, 0.25) is 0 Å². The van der Waals surface area contributed by atoms with Gasteiger partial charge in [-0.15, -0.1) is 0 Å². The van der Waals surface area contributed by atoms with E-state index in [1.54, 1.807) is 0 Å². The smallest absolute Gasteiger partial charge is 0.119 e. The highest BCUT2D eigenvalue weighted by molar-refractivity contribution is 5.21. The van der Waals surface area contributed by atoms with Crippen LogP contribution < -0.4 is 4.74 Å². The fraction of sp³-hybridized carbons (Fsp3) is 0.273. The van der Waals surface area contributed by atoms with Crippen LogP contribution in [0.4, 0.5) is 0 Å². The maximum Gasteiger partial charge on any atom is 0.119 e. The molecule has 1 nitrogen and oxygen atoms in total. The zero-order valence-electron chi connectivity index (χ0n) is 7.29. The minimum absolute atomic E-state index is 0.157. The Kier molecular flexibility index (Phi) is 3.39. The maximum absolute atomic E-state index is 5.55. The lowest BCUT2D eigenvalue weighted by molar-refractivity contribution is 0.223.